The van der Waals surface area contributed by atoms with Crippen LogP contribution in [0.3, 0.4) is 0 Å². The van der Waals surface area contributed by atoms with Gasteiger partial charge in [0.05, 0.1) is 52.9 Å². The van der Waals surface area contributed by atoms with Gasteiger partial charge in [-0.2, -0.15) is 0 Å². The van der Waals surface area contributed by atoms with Crippen molar-refractivity contribution in [3.63, 3.8) is 0 Å². The van der Waals surface area contributed by atoms with E-state index in [1.807, 2.05) is 0 Å². The van der Waals surface area contributed by atoms with Crippen molar-refractivity contribution in [2.75, 3.05) is 59.5 Å². The molecule has 0 aromatic rings. The highest BCUT2D eigenvalue weighted by molar-refractivity contribution is 6.69. The van der Waals surface area contributed by atoms with Gasteiger partial charge < -0.3 is 23.4 Å². The fourth-order valence-corrected chi connectivity index (χ4v) is 1.86. The van der Waals surface area contributed by atoms with E-state index in [1.54, 1.807) is 0 Å². The Morgan fingerprint density at radius 3 is 1.37 bits per heavy atom. The van der Waals surface area contributed by atoms with Gasteiger partial charge in [-0.15, -0.1) is 0 Å². The molecule has 0 aromatic heterocycles. The van der Waals surface area contributed by atoms with Crippen LogP contribution in [0.5, 0.6) is 0 Å². The first-order valence-electron chi connectivity index (χ1n) is 6.80. The minimum absolute atomic E-state index is 0.485. The number of rotatable bonds is 14. The molecular weight excluding hydrogens is 264 g/mol. The van der Waals surface area contributed by atoms with Crippen molar-refractivity contribution in [2.45, 2.75) is 19.6 Å². The molecule has 19 heavy (non-hydrogen) atoms. The van der Waals surface area contributed by atoms with E-state index in [-0.39, 0.29) is 0 Å². The van der Waals surface area contributed by atoms with Crippen LogP contribution in [0, 0.1) is 6.92 Å². The Kier molecular flexibility index (Phi) is 13.0. The maximum absolute atomic E-state index is 5.66. The normalized spacial score (nSPS) is 12.0. The molecule has 5 nitrogen and oxygen atoms in total. The van der Waals surface area contributed by atoms with Gasteiger partial charge in [0.25, 0.3) is 0 Å². The second-order valence-electron chi connectivity index (χ2n) is 4.91. The molecule has 0 N–H and O–H groups in total. The Hall–Kier alpha value is 0.0169. The summed E-state index contributed by atoms with van der Waals surface area (Å²) in [4.78, 5) is 0. The Labute approximate surface area is 118 Å². The van der Waals surface area contributed by atoms with Crippen LogP contribution in [0.15, 0.2) is 0 Å². The number of ether oxygens (including phenoxy) is 4. The van der Waals surface area contributed by atoms with E-state index < -0.39 is 8.32 Å². The van der Waals surface area contributed by atoms with Crippen molar-refractivity contribution in [1.82, 2.24) is 0 Å². The Bertz CT molecular complexity index is 184. The van der Waals surface area contributed by atoms with Gasteiger partial charge in [-0.3, -0.25) is 0 Å². The minimum Gasteiger partial charge on any atom is -0.415 e. The lowest BCUT2D eigenvalue weighted by molar-refractivity contribution is -0.00261. The fraction of sp³-hybridized carbons (Fsp3) is 0.923. The molecular formula is C13H29O5Si. The Balaban J connectivity index is 2.99. The van der Waals surface area contributed by atoms with Crippen LogP contribution in [0.25, 0.3) is 0 Å². The maximum Gasteiger partial charge on any atom is 0.183 e. The second-order valence-corrected chi connectivity index (χ2v) is 9.42. The summed E-state index contributed by atoms with van der Waals surface area (Å²) >= 11 is 0. The molecule has 0 unspecified atom stereocenters. The molecule has 0 saturated carbocycles. The zero-order valence-electron chi connectivity index (χ0n) is 12.6. The average molecular weight is 293 g/mol. The summed E-state index contributed by atoms with van der Waals surface area (Å²) in [6, 6.07) is 0. The Morgan fingerprint density at radius 2 is 1.00 bits per heavy atom. The summed E-state index contributed by atoms with van der Waals surface area (Å²) in [7, 11) is -1.40. The maximum atomic E-state index is 5.66. The fourth-order valence-electron chi connectivity index (χ4n) is 1.17. The van der Waals surface area contributed by atoms with Crippen LogP contribution in [-0.4, -0.2) is 67.8 Å². The largest absolute Gasteiger partial charge is 0.415 e. The molecule has 0 spiro atoms. The van der Waals surface area contributed by atoms with E-state index in [2.05, 4.69) is 26.6 Å². The minimum atomic E-state index is -1.40. The van der Waals surface area contributed by atoms with Crippen molar-refractivity contribution in [1.29, 1.82) is 0 Å². The molecule has 0 heterocycles. The molecule has 115 valence electrons. The molecule has 0 atom stereocenters. The lowest BCUT2D eigenvalue weighted by Gasteiger charge is -2.16. The summed E-state index contributed by atoms with van der Waals surface area (Å²) in [5.74, 6) is 0. The first-order chi connectivity index (χ1) is 9.06. The molecule has 0 aliphatic heterocycles. The number of hydrogen-bond donors (Lipinski definition) is 0. The highest BCUT2D eigenvalue weighted by atomic mass is 28.4. The van der Waals surface area contributed by atoms with Crippen molar-refractivity contribution >= 4 is 8.32 Å². The SMILES string of the molecule is [CH2]COCCOCCOCCOCCO[Si](C)(C)C. The highest BCUT2D eigenvalue weighted by Gasteiger charge is 2.12. The van der Waals surface area contributed by atoms with E-state index in [0.29, 0.717) is 59.5 Å². The van der Waals surface area contributed by atoms with Gasteiger partial charge in [0.15, 0.2) is 8.32 Å². The zero-order chi connectivity index (χ0) is 14.4. The van der Waals surface area contributed by atoms with Gasteiger partial charge in [0.2, 0.25) is 0 Å². The second kappa shape index (κ2) is 13.0. The molecule has 0 aliphatic rings. The third-order valence-corrected chi connectivity index (χ3v) is 3.09. The molecule has 0 rings (SSSR count). The third-order valence-electron chi connectivity index (χ3n) is 2.02. The van der Waals surface area contributed by atoms with Crippen LogP contribution in [0.1, 0.15) is 0 Å². The molecule has 1 radical (unpaired) electrons. The molecule has 0 amide bonds. The molecule has 0 fully saturated rings. The van der Waals surface area contributed by atoms with Crippen LogP contribution >= 0.6 is 0 Å². The van der Waals surface area contributed by atoms with Crippen LogP contribution < -0.4 is 0 Å². The molecule has 0 saturated heterocycles. The molecule has 6 heteroatoms. The van der Waals surface area contributed by atoms with Gasteiger partial charge in [-0.05, 0) is 26.6 Å². The first kappa shape index (κ1) is 19.0. The van der Waals surface area contributed by atoms with Crippen LogP contribution in [-0.2, 0) is 23.4 Å². The lowest BCUT2D eigenvalue weighted by Crippen LogP contribution is -2.27. The van der Waals surface area contributed by atoms with Crippen molar-refractivity contribution in [3.8, 4) is 0 Å². The summed E-state index contributed by atoms with van der Waals surface area (Å²) in [5, 5.41) is 0. The topological polar surface area (TPSA) is 46.2 Å². The van der Waals surface area contributed by atoms with Crippen molar-refractivity contribution < 1.29 is 23.4 Å². The highest BCUT2D eigenvalue weighted by Crippen LogP contribution is 2.01. The monoisotopic (exact) mass is 293 g/mol. The van der Waals surface area contributed by atoms with Gasteiger partial charge in [0.1, 0.15) is 0 Å². The summed E-state index contributed by atoms with van der Waals surface area (Å²) in [6.45, 7) is 15.4. The van der Waals surface area contributed by atoms with E-state index in [0.717, 1.165) is 0 Å². The molecule has 0 bridgehead atoms. The number of hydrogen-bond acceptors (Lipinski definition) is 5. The van der Waals surface area contributed by atoms with Gasteiger partial charge >= 0.3 is 0 Å². The predicted molar refractivity (Wildman–Crippen MR) is 77.9 cm³/mol. The van der Waals surface area contributed by atoms with E-state index in [4.69, 9.17) is 23.4 Å². The smallest absolute Gasteiger partial charge is 0.183 e. The zero-order valence-corrected chi connectivity index (χ0v) is 13.6. The van der Waals surface area contributed by atoms with Crippen LogP contribution in [0.4, 0.5) is 0 Å². The van der Waals surface area contributed by atoms with E-state index >= 15 is 0 Å². The van der Waals surface area contributed by atoms with Gasteiger partial charge in [-0.25, -0.2) is 0 Å². The van der Waals surface area contributed by atoms with Crippen LogP contribution in [0.2, 0.25) is 19.6 Å². The summed E-state index contributed by atoms with van der Waals surface area (Å²) in [5.41, 5.74) is 0. The molecule has 0 aliphatic carbocycles. The summed E-state index contributed by atoms with van der Waals surface area (Å²) < 4.78 is 26.7. The van der Waals surface area contributed by atoms with Crippen molar-refractivity contribution in [3.05, 3.63) is 6.92 Å². The van der Waals surface area contributed by atoms with E-state index in [1.165, 1.54) is 0 Å². The standard InChI is InChI=1S/C13H29O5Si/c1-5-14-6-7-15-8-9-16-10-11-17-12-13-18-19(2,3)4/h1,5-13H2,2-4H3. The average Bonchev–Trinajstić information content (AvgIpc) is 2.34. The third kappa shape index (κ3) is 18.0. The lowest BCUT2D eigenvalue weighted by atomic mass is 10.7. The van der Waals surface area contributed by atoms with E-state index in [9.17, 15) is 0 Å². The van der Waals surface area contributed by atoms with Crippen molar-refractivity contribution in [2.24, 2.45) is 0 Å². The molecule has 0 aromatic carbocycles. The summed E-state index contributed by atoms with van der Waals surface area (Å²) in [6.07, 6.45) is 0. The van der Waals surface area contributed by atoms with Gasteiger partial charge in [-0.1, -0.05) is 0 Å². The Morgan fingerprint density at radius 1 is 0.632 bits per heavy atom. The first-order valence-corrected chi connectivity index (χ1v) is 10.2. The predicted octanol–water partition coefficient (Wildman–Crippen LogP) is 1.74. The quantitative estimate of drug-likeness (QED) is 0.360. The van der Waals surface area contributed by atoms with Gasteiger partial charge in [0, 0.05) is 6.61 Å².